The fraction of sp³-hybridized carbons (Fsp3) is 0.182. The largest absolute Gasteiger partial charge is 0.493 e. The summed E-state index contributed by atoms with van der Waals surface area (Å²) in [6.07, 6.45) is 5.96. The summed E-state index contributed by atoms with van der Waals surface area (Å²) in [6, 6.07) is 12.2. The zero-order chi connectivity index (χ0) is 20.8. The van der Waals surface area contributed by atoms with Gasteiger partial charge in [-0.15, -0.1) is 0 Å². The summed E-state index contributed by atoms with van der Waals surface area (Å²) in [5, 5.41) is 20.4. The topological polar surface area (TPSA) is 97.8 Å². The lowest BCUT2D eigenvalue weighted by Gasteiger charge is -2.19. The quantitative estimate of drug-likeness (QED) is 0.320. The molecule has 0 aromatic heterocycles. The molecular weight excluding hydrogens is 370 g/mol. The fourth-order valence-corrected chi connectivity index (χ4v) is 3.08. The van der Waals surface area contributed by atoms with Gasteiger partial charge in [-0.05, 0) is 47.9 Å². The van der Waals surface area contributed by atoms with Crippen LogP contribution in [0.1, 0.15) is 16.7 Å². The van der Waals surface area contributed by atoms with Crippen LogP contribution < -0.4 is 9.47 Å². The minimum absolute atomic E-state index is 0.0351. The number of nitriles is 1. The van der Waals surface area contributed by atoms with Gasteiger partial charge in [0.05, 0.1) is 30.4 Å². The van der Waals surface area contributed by atoms with Crippen molar-refractivity contribution in [2.45, 2.75) is 6.42 Å². The van der Waals surface area contributed by atoms with Gasteiger partial charge in [-0.1, -0.05) is 12.2 Å². The van der Waals surface area contributed by atoms with E-state index in [1.807, 2.05) is 12.1 Å². The summed E-state index contributed by atoms with van der Waals surface area (Å²) in [7, 11) is 3.16. The number of methoxy groups -OCH3 is 2. The van der Waals surface area contributed by atoms with Gasteiger partial charge in [0.15, 0.2) is 11.5 Å². The third-order valence-electron chi connectivity index (χ3n) is 4.55. The Kier molecular flexibility index (Phi) is 6.05. The second-order valence-electron chi connectivity index (χ2n) is 6.24. The number of hydrogen-bond acceptors (Lipinski definition) is 6. The maximum atomic E-state index is 10.7. The van der Waals surface area contributed by atoms with Crippen molar-refractivity contribution < 1.29 is 14.4 Å². The smallest absolute Gasteiger partial charge is 0.269 e. The lowest BCUT2D eigenvalue weighted by Crippen LogP contribution is -2.15. The molecule has 0 saturated carbocycles. The molecule has 0 saturated heterocycles. The van der Waals surface area contributed by atoms with Gasteiger partial charge in [-0.3, -0.25) is 15.1 Å². The van der Waals surface area contributed by atoms with Crippen molar-refractivity contribution in [1.29, 1.82) is 5.26 Å². The average Bonchev–Trinajstić information content (AvgIpc) is 2.75. The molecule has 146 valence electrons. The predicted molar refractivity (Wildman–Crippen MR) is 110 cm³/mol. The summed E-state index contributed by atoms with van der Waals surface area (Å²) in [6.45, 7) is 0.586. The van der Waals surface area contributed by atoms with E-state index in [4.69, 9.17) is 9.47 Å². The van der Waals surface area contributed by atoms with Crippen molar-refractivity contribution in [2.24, 2.45) is 4.99 Å². The third-order valence-corrected chi connectivity index (χ3v) is 4.55. The summed E-state index contributed by atoms with van der Waals surface area (Å²) < 4.78 is 10.7. The van der Waals surface area contributed by atoms with Gasteiger partial charge in [0.2, 0.25) is 0 Å². The number of nitro benzene ring substituents is 1. The molecule has 7 heteroatoms. The Balaban J connectivity index is 1.90. The average molecular weight is 389 g/mol. The molecule has 1 heterocycles. The standard InChI is InChI=1S/C22H19N3O4/c1-28-20-12-16-10-11-24-22(19(16)13-21(20)29-2)17(14-23)5-3-4-15-6-8-18(9-7-15)25(26)27/h3-9,12-13H,10-11H2,1-2H3/b4-3+,17-5+. The van der Waals surface area contributed by atoms with Crippen LogP contribution in [0.4, 0.5) is 5.69 Å². The van der Waals surface area contributed by atoms with E-state index in [1.165, 1.54) is 12.1 Å². The minimum Gasteiger partial charge on any atom is -0.493 e. The van der Waals surface area contributed by atoms with E-state index in [9.17, 15) is 15.4 Å². The number of nitrogens with zero attached hydrogens (tertiary/aromatic N) is 3. The van der Waals surface area contributed by atoms with Crippen LogP contribution in [0.15, 0.2) is 59.1 Å². The monoisotopic (exact) mass is 389 g/mol. The highest BCUT2D eigenvalue weighted by atomic mass is 16.6. The number of aliphatic imine (C=N–C) groups is 1. The highest BCUT2D eigenvalue weighted by molar-refractivity contribution is 6.16. The number of rotatable bonds is 6. The highest BCUT2D eigenvalue weighted by Gasteiger charge is 2.20. The van der Waals surface area contributed by atoms with Crippen LogP contribution in [0, 0.1) is 21.4 Å². The molecule has 0 fully saturated rings. The first kappa shape index (κ1) is 19.8. The van der Waals surface area contributed by atoms with Crippen LogP contribution in [0.25, 0.3) is 6.08 Å². The SMILES string of the molecule is COc1cc2c(cc1OC)C(/C(C#N)=C/C=C/c1ccc([N+](=O)[O-])cc1)=NCC2. The maximum Gasteiger partial charge on any atom is 0.269 e. The number of non-ortho nitro benzene ring substituents is 1. The van der Waals surface area contributed by atoms with E-state index in [1.54, 1.807) is 44.6 Å². The van der Waals surface area contributed by atoms with E-state index in [-0.39, 0.29) is 5.69 Å². The number of benzene rings is 2. The number of hydrogen-bond donors (Lipinski definition) is 0. The summed E-state index contributed by atoms with van der Waals surface area (Å²) in [4.78, 5) is 14.8. The Morgan fingerprint density at radius 1 is 1.21 bits per heavy atom. The molecule has 3 rings (SSSR count). The van der Waals surface area contributed by atoms with Crippen molar-refractivity contribution in [3.63, 3.8) is 0 Å². The first-order valence-electron chi connectivity index (χ1n) is 8.90. The molecule has 2 aromatic carbocycles. The lowest BCUT2D eigenvalue weighted by atomic mass is 9.92. The molecule has 0 unspecified atom stereocenters. The van der Waals surface area contributed by atoms with E-state index < -0.39 is 4.92 Å². The van der Waals surface area contributed by atoms with Gasteiger partial charge in [-0.25, -0.2) is 0 Å². The molecule has 2 aromatic rings. The first-order chi connectivity index (χ1) is 14.1. The Morgan fingerprint density at radius 3 is 2.52 bits per heavy atom. The Morgan fingerprint density at radius 2 is 1.90 bits per heavy atom. The van der Waals surface area contributed by atoms with Crippen LogP contribution in [0.2, 0.25) is 0 Å². The second-order valence-corrected chi connectivity index (χ2v) is 6.24. The van der Waals surface area contributed by atoms with E-state index >= 15 is 0 Å². The van der Waals surface area contributed by atoms with Crippen LogP contribution in [-0.2, 0) is 6.42 Å². The second kappa shape index (κ2) is 8.85. The highest BCUT2D eigenvalue weighted by Crippen LogP contribution is 2.33. The summed E-state index contributed by atoms with van der Waals surface area (Å²) in [5.74, 6) is 1.23. The van der Waals surface area contributed by atoms with E-state index in [2.05, 4.69) is 11.1 Å². The Hall–Kier alpha value is -3.92. The van der Waals surface area contributed by atoms with Gasteiger partial charge in [0, 0.05) is 24.2 Å². The van der Waals surface area contributed by atoms with Crippen molar-refractivity contribution in [3.05, 3.63) is 80.9 Å². The maximum absolute atomic E-state index is 10.7. The predicted octanol–water partition coefficient (Wildman–Crippen LogP) is 4.12. The van der Waals surface area contributed by atoms with Crippen molar-refractivity contribution in [2.75, 3.05) is 20.8 Å². The van der Waals surface area contributed by atoms with Crippen molar-refractivity contribution >= 4 is 17.5 Å². The van der Waals surface area contributed by atoms with Gasteiger partial charge < -0.3 is 9.47 Å². The van der Waals surface area contributed by atoms with Crippen LogP contribution in [0.3, 0.4) is 0 Å². The molecule has 29 heavy (non-hydrogen) atoms. The molecule has 0 atom stereocenters. The zero-order valence-corrected chi connectivity index (χ0v) is 16.1. The molecule has 7 nitrogen and oxygen atoms in total. The summed E-state index contributed by atoms with van der Waals surface area (Å²) >= 11 is 0. The van der Waals surface area contributed by atoms with E-state index in [0.717, 1.165) is 23.1 Å². The third kappa shape index (κ3) is 4.33. The zero-order valence-electron chi connectivity index (χ0n) is 16.1. The fourth-order valence-electron chi connectivity index (χ4n) is 3.08. The molecule has 0 bridgehead atoms. The van der Waals surface area contributed by atoms with Crippen LogP contribution in [0.5, 0.6) is 11.5 Å². The molecular formula is C22H19N3O4. The normalized spacial score (nSPS) is 13.4. The van der Waals surface area contributed by atoms with Crippen molar-refractivity contribution in [3.8, 4) is 17.6 Å². The molecule has 1 aliphatic heterocycles. The first-order valence-corrected chi connectivity index (χ1v) is 8.90. The van der Waals surface area contributed by atoms with E-state index in [0.29, 0.717) is 29.3 Å². The molecule has 0 radical (unpaired) electrons. The van der Waals surface area contributed by atoms with Gasteiger partial charge in [0.1, 0.15) is 6.07 Å². The van der Waals surface area contributed by atoms with Gasteiger partial charge >= 0.3 is 0 Å². The molecule has 1 aliphatic rings. The molecule has 0 spiro atoms. The Labute approximate surface area is 168 Å². The molecule has 0 aliphatic carbocycles. The van der Waals surface area contributed by atoms with Crippen LogP contribution in [-0.4, -0.2) is 31.4 Å². The number of fused-ring (bicyclic) bond motifs is 1. The van der Waals surface area contributed by atoms with Gasteiger partial charge in [0.25, 0.3) is 5.69 Å². The van der Waals surface area contributed by atoms with Gasteiger partial charge in [-0.2, -0.15) is 5.26 Å². The number of allylic oxidation sites excluding steroid dienone is 3. The molecule has 0 N–H and O–H groups in total. The molecule has 0 amide bonds. The Bertz CT molecular complexity index is 1060. The lowest BCUT2D eigenvalue weighted by molar-refractivity contribution is -0.384. The van der Waals surface area contributed by atoms with Crippen LogP contribution >= 0.6 is 0 Å². The minimum atomic E-state index is -0.441. The number of ether oxygens (including phenoxy) is 2. The van der Waals surface area contributed by atoms with Crippen molar-refractivity contribution in [1.82, 2.24) is 0 Å². The number of nitro groups is 1. The summed E-state index contributed by atoms with van der Waals surface area (Å²) in [5.41, 5.74) is 3.77.